The summed E-state index contributed by atoms with van der Waals surface area (Å²) in [7, 11) is 5.11. The number of imidazole rings is 1. The maximum atomic E-state index is 11.7. The molecule has 0 bridgehead atoms. The van der Waals surface area contributed by atoms with Gasteiger partial charge in [0.05, 0.1) is 17.8 Å². The van der Waals surface area contributed by atoms with Gasteiger partial charge < -0.3 is 4.74 Å². The van der Waals surface area contributed by atoms with Crippen molar-refractivity contribution in [2.24, 2.45) is 14.1 Å². The Morgan fingerprint density at radius 2 is 2.12 bits per heavy atom. The first kappa shape index (κ1) is 11.6. The zero-order chi connectivity index (χ0) is 12.4. The fourth-order valence-electron chi connectivity index (χ4n) is 1.74. The zero-order valence-electron chi connectivity index (χ0n) is 10.2. The number of hydrogen-bond donors (Lipinski definition) is 0. The molecule has 0 aliphatic heterocycles. The number of nitrogens with zero attached hydrogens (tertiary/aromatic N) is 3. The van der Waals surface area contributed by atoms with Crippen LogP contribution in [0.4, 0.5) is 0 Å². The van der Waals surface area contributed by atoms with Crippen molar-refractivity contribution in [1.29, 1.82) is 0 Å². The average Bonchev–Trinajstić information content (AvgIpc) is 2.55. The lowest BCUT2D eigenvalue weighted by Crippen LogP contribution is -2.19. The van der Waals surface area contributed by atoms with E-state index in [-0.39, 0.29) is 5.69 Å². The van der Waals surface area contributed by atoms with Gasteiger partial charge in [0, 0.05) is 21.2 Å². The molecule has 17 heavy (non-hydrogen) atoms. The molecule has 0 saturated carbocycles. The number of aromatic nitrogens is 3. The van der Waals surface area contributed by atoms with Crippen LogP contribution in [-0.2, 0) is 18.8 Å². The largest absolute Gasteiger partial charge is 0.381 e. The van der Waals surface area contributed by atoms with E-state index in [2.05, 4.69) is 4.98 Å². The lowest BCUT2D eigenvalue weighted by Gasteiger charge is -1.96. The Morgan fingerprint density at radius 3 is 2.82 bits per heavy atom. The molecule has 5 nitrogen and oxygen atoms in total. The van der Waals surface area contributed by atoms with E-state index in [0.717, 1.165) is 11.2 Å². The van der Waals surface area contributed by atoms with Gasteiger partial charge in [0.25, 0.3) is 0 Å². The van der Waals surface area contributed by atoms with Gasteiger partial charge in [-0.2, -0.15) is 0 Å². The van der Waals surface area contributed by atoms with Crippen LogP contribution < -0.4 is 5.69 Å². The second-order valence-electron chi connectivity index (χ2n) is 3.84. The van der Waals surface area contributed by atoms with Gasteiger partial charge in [-0.25, -0.2) is 9.78 Å². The summed E-state index contributed by atoms with van der Waals surface area (Å²) in [6, 6.07) is 3.78. The van der Waals surface area contributed by atoms with Crippen LogP contribution in [-0.4, -0.2) is 27.8 Å². The minimum Gasteiger partial charge on any atom is -0.381 e. The molecule has 5 heteroatoms. The van der Waals surface area contributed by atoms with Crippen LogP contribution in [0.3, 0.4) is 0 Å². The molecular formula is C12H15N3O2. The number of aryl methyl sites for hydroxylation is 2. The molecule has 0 N–H and O–H groups in total. The molecule has 0 atom stereocenters. The first-order chi connectivity index (χ1) is 8.15. The number of ether oxygens (including phenoxy) is 1. The molecule has 0 saturated heterocycles. The van der Waals surface area contributed by atoms with Crippen LogP contribution in [0.25, 0.3) is 17.2 Å². The van der Waals surface area contributed by atoms with Crippen molar-refractivity contribution in [2.45, 2.75) is 0 Å². The molecule has 0 amide bonds. The summed E-state index contributed by atoms with van der Waals surface area (Å²) >= 11 is 0. The standard InChI is InChI=1S/C12H15N3O2/c1-14-10-7-6-9(5-4-8-17-3)13-11(10)15(2)12(14)16/h4-7H,8H2,1-3H3. The summed E-state index contributed by atoms with van der Waals surface area (Å²) in [5, 5.41) is 0. The number of pyridine rings is 1. The number of rotatable bonds is 3. The third-order valence-electron chi connectivity index (χ3n) is 2.68. The highest BCUT2D eigenvalue weighted by Crippen LogP contribution is 2.10. The average molecular weight is 233 g/mol. The highest BCUT2D eigenvalue weighted by atomic mass is 16.5. The SMILES string of the molecule is COCC=Cc1ccc2c(n1)n(C)c(=O)n2C. The summed E-state index contributed by atoms with van der Waals surface area (Å²) in [6.07, 6.45) is 3.76. The van der Waals surface area contributed by atoms with E-state index in [1.54, 1.807) is 30.3 Å². The monoisotopic (exact) mass is 233 g/mol. The summed E-state index contributed by atoms with van der Waals surface area (Å²) in [6.45, 7) is 0.549. The molecule has 2 aromatic heterocycles. The van der Waals surface area contributed by atoms with Crippen molar-refractivity contribution in [3.63, 3.8) is 0 Å². The predicted octanol–water partition coefficient (Wildman–Crippen LogP) is 0.932. The number of hydrogen-bond acceptors (Lipinski definition) is 3. The van der Waals surface area contributed by atoms with Crippen LogP contribution in [0.5, 0.6) is 0 Å². The molecule has 0 aliphatic rings. The topological polar surface area (TPSA) is 49.1 Å². The fourth-order valence-corrected chi connectivity index (χ4v) is 1.74. The van der Waals surface area contributed by atoms with Crippen LogP contribution in [0.15, 0.2) is 23.0 Å². The van der Waals surface area contributed by atoms with Crippen molar-refractivity contribution in [1.82, 2.24) is 14.1 Å². The lowest BCUT2D eigenvalue weighted by atomic mass is 10.3. The predicted molar refractivity (Wildman–Crippen MR) is 66.9 cm³/mol. The van der Waals surface area contributed by atoms with Crippen LogP contribution >= 0.6 is 0 Å². The first-order valence-electron chi connectivity index (χ1n) is 5.33. The van der Waals surface area contributed by atoms with Crippen molar-refractivity contribution in [3.05, 3.63) is 34.4 Å². The Morgan fingerprint density at radius 1 is 1.35 bits per heavy atom. The van der Waals surface area contributed by atoms with Crippen LogP contribution in [0, 0.1) is 0 Å². The maximum absolute atomic E-state index is 11.7. The summed E-state index contributed by atoms with van der Waals surface area (Å²) < 4.78 is 8.06. The van der Waals surface area contributed by atoms with E-state index in [9.17, 15) is 4.79 Å². The molecule has 0 spiro atoms. The van der Waals surface area contributed by atoms with Gasteiger partial charge in [0.2, 0.25) is 0 Å². The molecule has 2 heterocycles. The van der Waals surface area contributed by atoms with Crippen molar-refractivity contribution < 1.29 is 4.74 Å². The maximum Gasteiger partial charge on any atom is 0.329 e. The van der Waals surface area contributed by atoms with Crippen molar-refractivity contribution in [2.75, 3.05) is 13.7 Å². The van der Waals surface area contributed by atoms with E-state index < -0.39 is 0 Å². The zero-order valence-corrected chi connectivity index (χ0v) is 10.2. The van der Waals surface area contributed by atoms with Gasteiger partial charge in [-0.1, -0.05) is 6.08 Å². The van der Waals surface area contributed by atoms with Crippen molar-refractivity contribution >= 4 is 17.2 Å². The van der Waals surface area contributed by atoms with Crippen molar-refractivity contribution in [3.8, 4) is 0 Å². The highest BCUT2D eigenvalue weighted by Gasteiger charge is 2.08. The molecule has 0 fully saturated rings. The second-order valence-corrected chi connectivity index (χ2v) is 3.84. The molecule has 0 aromatic carbocycles. The summed E-state index contributed by atoms with van der Waals surface area (Å²) in [4.78, 5) is 16.1. The number of fused-ring (bicyclic) bond motifs is 1. The summed E-state index contributed by atoms with van der Waals surface area (Å²) in [5.74, 6) is 0. The molecule has 90 valence electrons. The Hall–Kier alpha value is -1.88. The third-order valence-corrected chi connectivity index (χ3v) is 2.68. The van der Waals surface area contributed by atoms with Gasteiger partial charge >= 0.3 is 5.69 Å². The Kier molecular flexibility index (Phi) is 3.10. The quantitative estimate of drug-likeness (QED) is 0.792. The molecule has 0 radical (unpaired) electrons. The Bertz CT molecular complexity index is 622. The van der Waals surface area contributed by atoms with Gasteiger partial charge in [-0.15, -0.1) is 0 Å². The second kappa shape index (κ2) is 4.55. The van der Waals surface area contributed by atoms with Crippen LogP contribution in [0.1, 0.15) is 5.69 Å². The molecular weight excluding hydrogens is 218 g/mol. The molecule has 2 rings (SSSR count). The normalized spacial score (nSPS) is 11.7. The van der Waals surface area contributed by atoms with Gasteiger partial charge in [0.15, 0.2) is 5.65 Å². The fraction of sp³-hybridized carbons (Fsp3) is 0.333. The van der Waals surface area contributed by atoms with Gasteiger partial charge in [-0.3, -0.25) is 9.13 Å². The molecule has 0 unspecified atom stereocenters. The Balaban J connectivity index is 2.51. The third kappa shape index (κ3) is 2.01. The number of methoxy groups -OCH3 is 1. The van der Waals surface area contributed by atoms with Crippen LogP contribution in [0.2, 0.25) is 0 Å². The minimum atomic E-state index is -0.0643. The molecule has 2 aromatic rings. The van der Waals surface area contributed by atoms with E-state index in [4.69, 9.17) is 4.74 Å². The van der Waals surface area contributed by atoms with E-state index in [1.165, 1.54) is 0 Å². The van der Waals surface area contributed by atoms with E-state index in [0.29, 0.717) is 12.3 Å². The smallest absolute Gasteiger partial charge is 0.329 e. The summed E-state index contributed by atoms with van der Waals surface area (Å²) in [5.41, 5.74) is 2.28. The lowest BCUT2D eigenvalue weighted by molar-refractivity contribution is 0.234. The van der Waals surface area contributed by atoms with Gasteiger partial charge in [-0.05, 0) is 18.2 Å². The molecule has 0 aliphatic carbocycles. The van der Waals surface area contributed by atoms with E-state index in [1.807, 2.05) is 24.3 Å². The van der Waals surface area contributed by atoms with Gasteiger partial charge in [0.1, 0.15) is 0 Å². The highest BCUT2D eigenvalue weighted by molar-refractivity contribution is 5.73. The minimum absolute atomic E-state index is 0.0643. The Labute approximate surface area is 99.0 Å². The first-order valence-corrected chi connectivity index (χ1v) is 5.33. The van der Waals surface area contributed by atoms with E-state index >= 15 is 0 Å².